The summed E-state index contributed by atoms with van der Waals surface area (Å²) in [6, 6.07) is 5.24. The lowest BCUT2D eigenvalue weighted by Gasteiger charge is -2.31. The summed E-state index contributed by atoms with van der Waals surface area (Å²) in [6.45, 7) is 1.32. The second-order valence-electron chi connectivity index (χ2n) is 6.23. The van der Waals surface area contributed by atoms with E-state index in [0.29, 0.717) is 49.7 Å². The summed E-state index contributed by atoms with van der Waals surface area (Å²) < 4.78 is 11.8. The summed E-state index contributed by atoms with van der Waals surface area (Å²) in [4.78, 5) is 26.4. The van der Waals surface area contributed by atoms with Gasteiger partial charge in [-0.15, -0.1) is 5.10 Å². The van der Waals surface area contributed by atoms with Crippen LogP contribution in [0.4, 0.5) is 5.69 Å². The molecule has 27 heavy (non-hydrogen) atoms. The summed E-state index contributed by atoms with van der Waals surface area (Å²) in [5.41, 5.74) is 1.24. The van der Waals surface area contributed by atoms with E-state index in [9.17, 15) is 9.59 Å². The first-order valence-electron chi connectivity index (χ1n) is 8.60. The van der Waals surface area contributed by atoms with E-state index < -0.39 is 0 Å². The third-order valence-electron chi connectivity index (χ3n) is 4.44. The molecule has 2 heterocycles. The van der Waals surface area contributed by atoms with Crippen molar-refractivity contribution in [3.05, 3.63) is 24.5 Å². The Bertz CT molecular complexity index is 795. The lowest BCUT2D eigenvalue weighted by Crippen LogP contribution is -2.45. The van der Waals surface area contributed by atoms with Crippen LogP contribution < -0.4 is 10.1 Å². The fraction of sp³-hybridized carbons (Fsp3) is 0.471. The molecule has 0 aliphatic carbocycles. The number of nitrogens with one attached hydrogen (secondary N) is 1. The Morgan fingerprint density at radius 1 is 1.33 bits per heavy atom. The molecule has 1 unspecified atom stereocenters. The van der Waals surface area contributed by atoms with Gasteiger partial charge in [-0.2, -0.15) is 0 Å². The Morgan fingerprint density at radius 3 is 2.89 bits per heavy atom. The van der Waals surface area contributed by atoms with Crippen molar-refractivity contribution in [3.63, 3.8) is 0 Å². The number of rotatable bonds is 7. The number of ether oxygens (including phenoxy) is 2. The smallest absolute Gasteiger partial charge is 0.229 e. The van der Waals surface area contributed by atoms with Gasteiger partial charge < -0.3 is 19.7 Å². The molecule has 144 valence electrons. The average molecular weight is 374 g/mol. The molecule has 1 aliphatic heterocycles. The van der Waals surface area contributed by atoms with Gasteiger partial charge in [-0.1, -0.05) is 0 Å². The van der Waals surface area contributed by atoms with Gasteiger partial charge in [0.2, 0.25) is 11.8 Å². The summed E-state index contributed by atoms with van der Waals surface area (Å²) >= 11 is 0. The van der Waals surface area contributed by atoms with E-state index >= 15 is 0 Å². The number of tetrazole rings is 1. The van der Waals surface area contributed by atoms with E-state index in [2.05, 4.69) is 20.8 Å². The molecule has 0 bridgehead atoms. The highest BCUT2D eigenvalue weighted by molar-refractivity contribution is 5.94. The summed E-state index contributed by atoms with van der Waals surface area (Å²) in [5.74, 6) is 0.209. The van der Waals surface area contributed by atoms with E-state index in [-0.39, 0.29) is 17.7 Å². The number of piperidine rings is 1. The highest BCUT2D eigenvalue weighted by Crippen LogP contribution is 2.25. The maximum Gasteiger partial charge on any atom is 0.229 e. The molecule has 0 radical (unpaired) electrons. The Balaban J connectivity index is 1.71. The summed E-state index contributed by atoms with van der Waals surface area (Å²) in [6.07, 6.45) is 2.34. The van der Waals surface area contributed by atoms with Crippen LogP contribution in [-0.2, 0) is 14.3 Å². The van der Waals surface area contributed by atoms with Gasteiger partial charge >= 0.3 is 0 Å². The Hall–Kier alpha value is -3.01. The predicted molar refractivity (Wildman–Crippen MR) is 95.5 cm³/mol. The minimum atomic E-state index is -0.276. The molecule has 1 aromatic carbocycles. The molecule has 1 aliphatic rings. The SMILES string of the molecule is COCCN1CC(C(=O)Nc2cc(OC)cc(-n3cnnn3)c2)CCC1=O. The monoisotopic (exact) mass is 374 g/mol. The molecule has 10 heteroatoms. The van der Waals surface area contributed by atoms with Crippen LogP contribution in [0.2, 0.25) is 0 Å². The van der Waals surface area contributed by atoms with Crippen LogP contribution in [0.25, 0.3) is 5.69 Å². The van der Waals surface area contributed by atoms with Crippen molar-refractivity contribution in [1.29, 1.82) is 0 Å². The topological polar surface area (TPSA) is 111 Å². The second kappa shape index (κ2) is 8.58. The van der Waals surface area contributed by atoms with E-state index in [1.165, 1.54) is 11.0 Å². The molecule has 10 nitrogen and oxygen atoms in total. The lowest BCUT2D eigenvalue weighted by atomic mass is 9.96. The molecule has 1 atom stereocenters. The molecule has 1 N–H and O–H groups in total. The van der Waals surface area contributed by atoms with Crippen molar-refractivity contribution in [2.24, 2.45) is 5.92 Å². The minimum absolute atomic E-state index is 0.0541. The third kappa shape index (κ3) is 4.59. The molecule has 0 spiro atoms. The molecule has 1 aromatic heterocycles. The molecular formula is C17H22N6O4. The molecule has 3 rings (SSSR count). The van der Waals surface area contributed by atoms with Crippen molar-refractivity contribution in [2.75, 3.05) is 39.2 Å². The molecule has 2 amide bonds. The van der Waals surface area contributed by atoms with Gasteiger partial charge in [-0.3, -0.25) is 9.59 Å². The van der Waals surface area contributed by atoms with Gasteiger partial charge in [0.15, 0.2) is 0 Å². The third-order valence-corrected chi connectivity index (χ3v) is 4.44. The Labute approximate surface area is 156 Å². The van der Waals surface area contributed by atoms with Crippen molar-refractivity contribution < 1.29 is 19.1 Å². The Morgan fingerprint density at radius 2 is 2.19 bits per heavy atom. The standard InChI is InChI=1S/C17H22N6O4/c1-26-6-5-22-10-12(3-4-16(22)24)17(25)19-13-7-14(9-15(8-13)27-2)23-11-18-20-21-23/h7-9,11-12H,3-6,10H2,1-2H3,(H,19,25). The predicted octanol–water partition coefficient (Wildman–Crippen LogP) is 0.494. The van der Waals surface area contributed by atoms with Gasteiger partial charge in [0.05, 0.1) is 25.3 Å². The zero-order chi connectivity index (χ0) is 19.2. The highest BCUT2D eigenvalue weighted by Gasteiger charge is 2.30. The first kappa shape index (κ1) is 18.8. The number of likely N-dealkylation sites (tertiary alicyclic amines) is 1. The number of anilines is 1. The number of benzene rings is 1. The second-order valence-corrected chi connectivity index (χ2v) is 6.23. The van der Waals surface area contributed by atoms with Crippen LogP contribution >= 0.6 is 0 Å². The van der Waals surface area contributed by atoms with Gasteiger partial charge in [0.1, 0.15) is 12.1 Å². The van der Waals surface area contributed by atoms with Crippen LogP contribution in [0.3, 0.4) is 0 Å². The first-order valence-corrected chi connectivity index (χ1v) is 8.60. The fourth-order valence-corrected chi connectivity index (χ4v) is 2.98. The van der Waals surface area contributed by atoms with Crippen molar-refractivity contribution >= 4 is 17.5 Å². The van der Waals surface area contributed by atoms with Gasteiger partial charge in [0.25, 0.3) is 0 Å². The number of hydrogen-bond donors (Lipinski definition) is 1. The van der Waals surface area contributed by atoms with Crippen molar-refractivity contribution in [3.8, 4) is 11.4 Å². The molecule has 1 fully saturated rings. The van der Waals surface area contributed by atoms with Crippen molar-refractivity contribution in [1.82, 2.24) is 25.1 Å². The van der Waals surface area contributed by atoms with E-state index in [1.807, 2.05) is 0 Å². The Kier molecular flexibility index (Phi) is 5.97. The van der Waals surface area contributed by atoms with E-state index in [1.54, 1.807) is 37.3 Å². The van der Waals surface area contributed by atoms with Gasteiger partial charge in [0, 0.05) is 44.4 Å². The van der Waals surface area contributed by atoms with Crippen LogP contribution in [0.1, 0.15) is 12.8 Å². The largest absolute Gasteiger partial charge is 0.497 e. The van der Waals surface area contributed by atoms with Crippen LogP contribution in [0.15, 0.2) is 24.5 Å². The zero-order valence-electron chi connectivity index (χ0n) is 15.3. The van der Waals surface area contributed by atoms with Crippen LogP contribution in [0.5, 0.6) is 5.75 Å². The van der Waals surface area contributed by atoms with Gasteiger partial charge in [-0.05, 0) is 22.9 Å². The number of aromatic nitrogens is 4. The molecule has 1 saturated heterocycles. The van der Waals surface area contributed by atoms with Crippen LogP contribution in [0, 0.1) is 5.92 Å². The normalized spacial score (nSPS) is 17.0. The number of carbonyl (C=O) groups is 2. The maximum absolute atomic E-state index is 12.7. The first-order chi connectivity index (χ1) is 13.1. The minimum Gasteiger partial charge on any atom is -0.497 e. The lowest BCUT2D eigenvalue weighted by molar-refractivity contribution is -0.137. The molecule has 0 saturated carbocycles. The molecule has 2 aromatic rings. The highest BCUT2D eigenvalue weighted by atomic mass is 16.5. The number of methoxy groups -OCH3 is 2. The van der Waals surface area contributed by atoms with Crippen LogP contribution in [-0.4, -0.2) is 70.8 Å². The maximum atomic E-state index is 12.7. The molecular weight excluding hydrogens is 352 g/mol. The average Bonchev–Trinajstić information content (AvgIpc) is 3.22. The number of nitrogens with zero attached hydrogens (tertiary/aromatic N) is 5. The fourth-order valence-electron chi connectivity index (χ4n) is 2.98. The number of carbonyl (C=O) groups excluding carboxylic acids is 2. The summed E-state index contributed by atoms with van der Waals surface area (Å²) in [5, 5.41) is 14.0. The quantitative estimate of drug-likeness (QED) is 0.751. The van der Waals surface area contributed by atoms with Crippen molar-refractivity contribution in [2.45, 2.75) is 12.8 Å². The number of hydrogen-bond acceptors (Lipinski definition) is 7. The van der Waals surface area contributed by atoms with E-state index in [4.69, 9.17) is 9.47 Å². The zero-order valence-corrected chi connectivity index (χ0v) is 15.3. The number of amides is 2. The van der Waals surface area contributed by atoms with Gasteiger partial charge in [-0.25, -0.2) is 4.68 Å². The van der Waals surface area contributed by atoms with E-state index in [0.717, 1.165) is 0 Å². The summed E-state index contributed by atoms with van der Waals surface area (Å²) in [7, 11) is 3.13.